The summed E-state index contributed by atoms with van der Waals surface area (Å²) in [5.74, 6) is -0.604. The van der Waals surface area contributed by atoms with Crippen LogP contribution in [0.1, 0.15) is 11.6 Å². The minimum absolute atomic E-state index is 0.119. The van der Waals surface area contributed by atoms with Crippen molar-refractivity contribution < 1.29 is 9.18 Å². The summed E-state index contributed by atoms with van der Waals surface area (Å²) in [6.07, 6.45) is 1.38. The van der Waals surface area contributed by atoms with Crippen LogP contribution in [0.5, 0.6) is 0 Å². The zero-order chi connectivity index (χ0) is 20.3. The van der Waals surface area contributed by atoms with E-state index in [1.807, 2.05) is 25.1 Å². The van der Waals surface area contributed by atoms with Crippen molar-refractivity contribution in [3.05, 3.63) is 75.0 Å². The molecule has 0 spiro atoms. The molecule has 146 valence electrons. The number of halogens is 2. The maximum absolute atomic E-state index is 13.2. The summed E-state index contributed by atoms with van der Waals surface area (Å²) in [4.78, 5) is 31.2. The summed E-state index contributed by atoms with van der Waals surface area (Å²) >= 11 is 3.34. The van der Waals surface area contributed by atoms with Crippen LogP contribution in [0.3, 0.4) is 0 Å². The van der Waals surface area contributed by atoms with Crippen molar-refractivity contribution in [3.8, 4) is 0 Å². The molecular weight excluding hydrogens is 427 g/mol. The van der Waals surface area contributed by atoms with Crippen LogP contribution in [-0.2, 0) is 11.3 Å². The van der Waals surface area contributed by atoms with Gasteiger partial charge in [0.1, 0.15) is 12.4 Å². The standard InChI is InChI=1S/C20H20BrFN4O2/c1-25(2)18(13-3-6-15(22)7-4-13)10-23-19(27)11-26-12-24-17-8-5-14(21)9-16(17)20(26)28/h3-9,12,18H,10-11H2,1-2H3,(H,23,27). The predicted octanol–water partition coefficient (Wildman–Crippen LogP) is 2.72. The highest BCUT2D eigenvalue weighted by Gasteiger charge is 2.16. The molecule has 0 aliphatic rings. The fraction of sp³-hybridized carbons (Fsp3) is 0.250. The van der Waals surface area contributed by atoms with Crippen molar-refractivity contribution in [1.82, 2.24) is 19.8 Å². The molecule has 6 nitrogen and oxygen atoms in total. The van der Waals surface area contributed by atoms with Crippen LogP contribution in [0.15, 0.2) is 58.1 Å². The zero-order valence-electron chi connectivity index (χ0n) is 15.5. The van der Waals surface area contributed by atoms with Gasteiger partial charge in [-0.1, -0.05) is 28.1 Å². The monoisotopic (exact) mass is 446 g/mol. The second kappa shape index (κ2) is 8.62. The first-order chi connectivity index (χ1) is 13.3. The Labute approximate surface area is 170 Å². The minimum Gasteiger partial charge on any atom is -0.353 e. The molecule has 0 aliphatic heterocycles. The van der Waals surface area contributed by atoms with Gasteiger partial charge in [-0.25, -0.2) is 9.37 Å². The average molecular weight is 447 g/mol. The smallest absolute Gasteiger partial charge is 0.261 e. The summed E-state index contributed by atoms with van der Waals surface area (Å²) in [6.45, 7) is 0.205. The minimum atomic E-state index is -0.305. The van der Waals surface area contributed by atoms with E-state index in [0.29, 0.717) is 17.4 Å². The largest absolute Gasteiger partial charge is 0.353 e. The van der Waals surface area contributed by atoms with E-state index in [9.17, 15) is 14.0 Å². The van der Waals surface area contributed by atoms with Crippen molar-refractivity contribution in [3.63, 3.8) is 0 Å². The molecule has 1 N–H and O–H groups in total. The van der Waals surface area contributed by atoms with Crippen LogP contribution in [0.2, 0.25) is 0 Å². The molecular formula is C20H20BrFN4O2. The topological polar surface area (TPSA) is 67.2 Å². The lowest BCUT2D eigenvalue weighted by atomic mass is 10.1. The van der Waals surface area contributed by atoms with Crippen molar-refractivity contribution in [1.29, 1.82) is 0 Å². The van der Waals surface area contributed by atoms with E-state index in [-0.39, 0.29) is 29.9 Å². The number of amides is 1. The lowest BCUT2D eigenvalue weighted by Gasteiger charge is -2.25. The number of carbonyl (C=O) groups is 1. The molecule has 1 heterocycles. The quantitative estimate of drug-likeness (QED) is 0.631. The normalized spacial score (nSPS) is 12.3. The Morgan fingerprint density at radius 2 is 1.96 bits per heavy atom. The predicted molar refractivity (Wildman–Crippen MR) is 110 cm³/mol. The Hall–Kier alpha value is -2.58. The van der Waals surface area contributed by atoms with Crippen molar-refractivity contribution in [2.75, 3.05) is 20.6 Å². The number of likely N-dealkylation sites (N-methyl/N-ethyl adjacent to an activating group) is 1. The lowest BCUT2D eigenvalue weighted by Crippen LogP contribution is -2.37. The van der Waals surface area contributed by atoms with Gasteiger partial charge in [0.2, 0.25) is 5.91 Å². The van der Waals surface area contributed by atoms with E-state index in [0.717, 1.165) is 10.0 Å². The first kappa shape index (κ1) is 20.2. The van der Waals surface area contributed by atoms with Crippen molar-refractivity contribution >= 4 is 32.7 Å². The SMILES string of the molecule is CN(C)C(CNC(=O)Cn1cnc2ccc(Br)cc2c1=O)c1ccc(F)cc1. The summed E-state index contributed by atoms with van der Waals surface area (Å²) in [7, 11) is 3.77. The number of benzene rings is 2. The number of nitrogens with one attached hydrogen (secondary N) is 1. The van der Waals surface area contributed by atoms with Crippen LogP contribution in [0.25, 0.3) is 10.9 Å². The van der Waals surface area contributed by atoms with Gasteiger partial charge in [-0.3, -0.25) is 14.2 Å². The third-order valence-corrected chi connectivity index (χ3v) is 4.96. The first-order valence-electron chi connectivity index (χ1n) is 8.68. The molecule has 0 saturated carbocycles. The summed E-state index contributed by atoms with van der Waals surface area (Å²) in [5, 5.41) is 3.29. The van der Waals surface area contributed by atoms with Gasteiger partial charge in [-0.15, -0.1) is 0 Å². The fourth-order valence-corrected chi connectivity index (χ4v) is 3.31. The Morgan fingerprint density at radius 3 is 2.64 bits per heavy atom. The Bertz CT molecular complexity index is 1050. The third-order valence-electron chi connectivity index (χ3n) is 4.47. The van der Waals surface area contributed by atoms with Crippen LogP contribution < -0.4 is 10.9 Å². The van der Waals surface area contributed by atoms with Gasteiger partial charge in [0.05, 0.1) is 23.3 Å². The summed E-state index contributed by atoms with van der Waals surface area (Å²) in [5.41, 5.74) is 1.19. The average Bonchev–Trinajstić information content (AvgIpc) is 2.66. The van der Waals surface area contributed by atoms with E-state index in [4.69, 9.17) is 0 Å². The van der Waals surface area contributed by atoms with E-state index in [1.165, 1.54) is 23.0 Å². The molecule has 3 rings (SSSR count). The van der Waals surface area contributed by atoms with Gasteiger partial charge in [-0.05, 0) is 50.0 Å². The van der Waals surface area contributed by atoms with Gasteiger partial charge in [0.15, 0.2) is 0 Å². The lowest BCUT2D eigenvalue weighted by molar-refractivity contribution is -0.121. The molecule has 0 saturated heterocycles. The first-order valence-corrected chi connectivity index (χ1v) is 9.48. The number of carbonyl (C=O) groups excluding carboxylic acids is 1. The number of nitrogens with zero attached hydrogens (tertiary/aromatic N) is 3. The molecule has 0 aliphatic carbocycles. The van der Waals surface area contributed by atoms with Gasteiger partial charge < -0.3 is 10.2 Å². The molecule has 1 amide bonds. The molecule has 28 heavy (non-hydrogen) atoms. The van der Waals surface area contributed by atoms with Crippen LogP contribution in [0.4, 0.5) is 4.39 Å². The number of rotatable bonds is 6. The molecule has 0 fully saturated rings. The van der Waals surface area contributed by atoms with Crippen LogP contribution in [-0.4, -0.2) is 41.0 Å². The third kappa shape index (κ3) is 4.63. The van der Waals surface area contributed by atoms with Crippen LogP contribution in [0, 0.1) is 5.82 Å². The molecule has 3 aromatic rings. The van der Waals surface area contributed by atoms with Gasteiger partial charge in [0.25, 0.3) is 5.56 Å². The van der Waals surface area contributed by atoms with E-state index >= 15 is 0 Å². The summed E-state index contributed by atoms with van der Waals surface area (Å²) < 4.78 is 15.2. The number of hydrogen-bond acceptors (Lipinski definition) is 4. The molecule has 8 heteroatoms. The van der Waals surface area contributed by atoms with Crippen molar-refractivity contribution in [2.24, 2.45) is 0 Å². The second-order valence-corrected chi connectivity index (χ2v) is 7.59. The van der Waals surface area contributed by atoms with Gasteiger partial charge in [-0.2, -0.15) is 0 Å². The number of hydrogen-bond donors (Lipinski definition) is 1. The summed E-state index contributed by atoms with van der Waals surface area (Å²) in [6, 6.07) is 11.3. The van der Waals surface area contributed by atoms with Gasteiger partial charge >= 0.3 is 0 Å². The van der Waals surface area contributed by atoms with E-state index in [1.54, 1.807) is 24.3 Å². The molecule has 1 atom stereocenters. The molecule has 1 unspecified atom stereocenters. The zero-order valence-corrected chi connectivity index (χ0v) is 17.1. The van der Waals surface area contributed by atoms with Crippen molar-refractivity contribution in [2.45, 2.75) is 12.6 Å². The second-order valence-electron chi connectivity index (χ2n) is 6.67. The molecule has 0 radical (unpaired) electrons. The highest BCUT2D eigenvalue weighted by molar-refractivity contribution is 9.10. The van der Waals surface area contributed by atoms with Gasteiger partial charge in [0, 0.05) is 11.0 Å². The molecule has 1 aromatic heterocycles. The van der Waals surface area contributed by atoms with E-state index in [2.05, 4.69) is 26.2 Å². The molecule has 0 bridgehead atoms. The maximum Gasteiger partial charge on any atom is 0.261 e. The highest BCUT2D eigenvalue weighted by Crippen LogP contribution is 2.18. The number of aromatic nitrogens is 2. The highest BCUT2D eigenvalue weighted by atomic mass is 79.9. The van der Waals surface area contributed by atoms with Crippen LogP contribution >= 0.6 is 15.9 Å². The number of fused-ring (bicyclic) bond motifs is 1. The Balaban J connectivity index is 1.71. The molecule has 2 aromatic carbocycles. The Kier molecular flexibility index (Phi) is 6.21. The maximum atomic E-state index is 13.2. The Morgan fingerprint density at radius 1 is 1.25 bits per heavy atom. The fourth-order valence-electron chi connectivity index (χ4n) is 2.95. The van der Waals surface area contributed by atoms with E-state index < -0.39 is 0 Å².